The van der Waals surface area contributed by atoms with Crippen LogP contribution in [-0.2, 0) is 20.4 Å². The minimum absolute atomic E-state index is 0.0115. The lowest BCUT2D eigenvalue weighted by Gasteiger charge is -2.32. The average Bonchev–Trinajstić information content (AvgIpc) is 3.43. The van der Waals surface area contributed by atoms with Gasteiger partial charge >= 0.3 is 0 Å². The standard InChI is InChI=1S/C22H19N3O3S3/c1-14-9-11-15(12-10-14)31(27,28)25-19(18-8-5-13-30-18)22(23-21(25)29)16-6-3-4-7-17(16)24(2)20(22)26/h3-13,19H,1-2H3,(H,23,29)/t19-,22+/m1/s1. The second kappa shape index (κ2) is 6.88. The Balaban J connectivity index is 1.76. The molecule has 2 aliphatic heterocycles. The van der Waals surface area contributed by atoms with Crippen LogP contribution >= 0.6 is 23.6 Å². The first-order valence-corrected chi connectivity index (χ1v) is 12.4. The van der Waals surface area contributed by atoms with Crippen LogP contribution < -0.4 is 10.2 Å². The summed E-state index contributed by atoms with van der Waals surface area (Å²) in [5.41, 5.74) is 1.07. The quantitative estimate of drug-likeness (QED) is 0.594. The molecule has 31 heavy (non-hydrogen) atoms. The molecule has 1 saturated heterocycles. The predicted octanol–water partition coefficient (Wildman–Crippen LogP) is 3.55. The first-order valence-electron chi connectivity index (χ1n) is 9.63. The number of likely N-dealkylation sites (N-methyl/N-ethyl adjacent to an activating group) is 1. The number of benzene rings is 2. The lowest BCUT2D eigenvalue weighted by molar-refractivity contribution is -0.124. The fourth-order valence-corrected chi connectivity index (χ4v) is 7.44. The maximum absolute atomic E-state index is 13.8. The van der Waals surface area contributed by atoms with E-state index in [1.54, 1.807) is 36.2 Å². The van der Waals surface area contributed by atoms with Gasteiger partial charge in [-0.05, 0) is 48.8 Å². The van der Waals surface area contributed by atoms with Crippen molar-refractivity contribution in [1.29, 1.82) is 0 Å². The van der Waals surface area contributed by atoms with E-state index in [4.69, 9.17) is 12.2 Å². The fraction of sp³-hybridized carbons (Fsp3) is 0.182. The zero-order valence-corrected chi connectivity index (χ0v) is 19.2. The van der Waals surface area contributed by atoms with Crippen LogP contribution in [0.15, 0.2) is 70.9 Å². The number of carbonyl (C=O) groups is 1. The van der Waals surface area contributed by atoms with Gasteiger partial charge in [-0.3, -0.25) is 4.79 Å². The van der Waals surface area contributed by atoms with E-state index in [0.29, 0.717) is 5.56 Å². The van der Waals surface area contributed by atoms with Crippen LogP contribution in [0.4, 0.5) is 5.69 Å². The van der Waals surface area contributed by atoms with Crippen LogP contribution in [-0.4, -0.2) is 30.8 Å². The number of anilines is 1. The molecule has 1 aromatic heterocycles. The highest BCUT2D eigenvalue weighted by molar-refractivity contribution is 7.91. The normalized spacial score (nSPS) is 22.8. The number of thiocarbonyl (C=S) groups is 1. The number of aryl methyl sites for hydroxylation is 1. The van der Waals surface area contributed by atoms with Crippen LogP contribution in [0, 0.1) is 6.92 Å². The largest absolute Gasteiger partial charge is 0.342 e. The van der Waals surface area contributed by atoms with Crippen molar-refractivity contribution < 1.29 is 13.2 Å². The lowest BCUT2D eigenvalue weighted by Crippen LogP contribution is -2.50. The van der Waals surface area contributed by atoms with E-state index in [-0.39, 0.29) is 15.9 Å². The monoisotopic (exact) mass is 469 g/mol. The topological polar surface area (TPSA) is 69.7 Å². The van der Waals surface area contributed by atoms with E-state index in [1.807, 2.05) is 48.7 Å². The zero-order chi connectivity index (χ0) is 22.0. The van der Waals surface area contributed by atoms with Gasteiger partial charge in [-0.15, -0.1) is 11.3 Å². The Kier molecular flexibility index (Phi) is 4.47. The molecule has 0 radical (unpaired) electrons. The highest BCUT2D eigenvalue weighted by Crippen LogP contribution is 2.54. The smallest absolute Gasteiger partial charge is 0.266 e. The molecule has 3 heterocycles. The maximum atomic E-state index is 13.8. The second-order valence-electron chi connectivity index (χ2n) is 7.65. The molecule has 1 spiro atoms. The predicted molar refractivity (Wildman–Crippen MR) is 125 cm³/mol. The van der Waals surface area contributed by atoms with E-state index in [0.717, 1.165) is 16.1 Å². The summed E-state index contributed by atoms with van der Waals surface area (Å²) in [6, 6.07) is 16.9. The second-order valence-corrected chi connectivity index (χ2v) is 10.8. The van der Waals surface area contributed by atoms with Crippen molar-refractivity contribution in [3.8, 4) is 0 Å². The number of hydrogen-bond donors (Lipinski definition) is 1. The van der Waals surface area contributed by atoms with Gasteiger partial charge < -0.3 is 10.2 Å². The third kappa shape index (κ3) is 2.70. The first-order chi connectivity index (χ1) is 14.8. The summed E-state index contributed by atoms with van der Waals surface area (Å²) in [7, 11) is -2.32. The summed E-state index contributed by atoms with van der Waals surface area (Å²) >= 11 is 6.97. The molecular weight excluding hydrogens is 450 g/mol. The number of sulfonamides is 1. The molecule has 158 valence electrons. The van der Waals surface area contributed by atoms with Crippen LogP contribution in [0.25, 0.3) is 0 Å². The van der Waals surface area contributed by atoms with Crippen molar-refractivity contribution in [2.24, 2.45) is 0 Å². The lowest BCUT2D eigenvalue weighted by atomic mass is 9.84. The van der Waals surface area contributed by atoms with Gasteiger partial charge in [-0.2, -0.15) is 0 Å². The molecule has 9 heteroatoms. The summed E-state index contributed by atoms with van der Waals surface area (Å²) in [5.74, 6) is -0.240. The number of rotatable bonds is 3. The molecule has 2 aromatic carbocycles. The molecule has 5 rings (SSSR count). The van der Waals surface area contributed by atoms with Gasteiger partial charge in [-0.25, -0.2) is 12.7 Å². The van der Waals surface area contributed by atoms with Gasteiger partial charge in [0, 0.05) is 23.2 Å². The van der Waals surface area contributed by atoms with Crippen LogP contribution in [0.5, 0.6) is 0 Å². The Bertz CT molecular complexity index is 1300. The molecular formula is C22H19N3O3S3. The van der Waals surface area contributed by atoms with Crippen molar-refractivity contribution >= 4 is 50.3 Å². The molecule has 2 atom stereocenters. The molecule has 0 aliphatic carbocycles. The Hall–Kier alpha value is -2.75. The van der Waals surface area contributed by atoms with Crippen molar-refractivity contribution in [3.05, 3.63) is 82.0 Å². The number of carbonyl (C=O) groups excluding carboxylic acids is 1. The summed E-state index contributed by atoms with van der Waals surface area (Å²) in [4.78, 5) is 16.1. The van der Waals surface area contributed by atoms with Gasteiger partial charge in [0.1, 0.15) is 6.04 Å². The highest BCUT2D eigenvalue weighted by Gasteiger charge is 2.64. The maximum Gasteiger partial charge on any atom is 0.266 e. The third-order valence-electron chi connectivity index (χ3n) is 5.87. The van der Waals surface area contributed by atoms with Gasteiger partial charge in [0.15, 0.2) is 10.7 Å². The highest BCUT2D eigenvalue weighted by atomic mass is 32.2. The number of nitrogens with one attached hydrogen (secondary N) is 1. The number of fused-ring (bicyclic) bond motifs is 2. The van der Waals surface area contributed by atoms with Crippen molar-refractivity contribution in [2.45, 2.75) is 23.4 Å². The zero-order valence-electron chi connectivity index (χ0n) is 16.8. The Labute approximate surface area is 190 Å². The summed E-state index contributed by atoms with van der Waals surface area (Å²) in [5, 5.41) is 5.02. The van der Waals surface area contributed by atoms with Crippen molar-refractivity contribution in [2.75, 3.05) is 11.9 Å². The Morgan fingerprint density at radius 1 is 1.06 bits per heavy atom. The minimum atomic E-state index is -4.02. The van der Waals surface area contributed by atoms with Crippen LogP contribution in [0.1, 0.15) is 22.0 Å². The molecule has 0 saturated carbocycles. The third-order valence-corrected chi connectivity index (χ3v) is 8.99. The van der Waals surface area contributed by atoms with Gasteiger partial charge in [0.2, 0.25) is 0 Å². The molecule has 1 N–H and O–H groups in total. The van der Waals surface area contributed by atoms with E-state index in [1.165, 1.54) is 15.6 Å². The number of amides is 1. The van der Waals surface area contributed by atoms with Gasteiger partial charge in [-0.1, -0.05) is 42.0 Å². The number of thiophene rings is 1. The Morgan fingerprint density at radius 2 is 1.77 bits per heavy atom. The van der Waals surface area contributed by atoms with Gasteiger partial charge in [0.25, 0.3) is 15.9 Å². The van der Waals surface area contributed by atoms with Crippen LogP contribution in [0.2, 0.25) is 0 Å². The molecule has 3 aromatic rings. The van der Waals surface area contributed by atoms with E-state index >= 15 is 0 Å². The molecule has 0 bridgehead atoms. The molecule has 6 nitrogen and oxygen atoms in total. The average molecular weight is 470 g/mol. The number of nitrogens with zero attached hydrogens (tertiary/aromatic N) is 2. The number of hydrogen-bond acceptors (Lipinski definition) is 5. The van der Waals surface area contributed by atoms with E-state index < -0.39 is 21.6 Å². The summed E-state index contributed by atoms with van der Waals surface area (Å²) < 4.78 is 28.8. The van der Waals surface area contributed by atoms with E-state index in [2.05, 4.69) is 5.32 Å². The molecule has 1 fully saturated rings. The summed E-state index contributed by atoms with van der Waals surface area (Å²) in [6.07, 6.45) is 0. The molecule has 1 amide bonds. The number of para-hydroxylation sites is 1. The fourth-order valence-electron chi connectivity index (χ4n) is 4.41. The first kappa shape index (κ1) is 20.2. The molecule has 0 unspecified atom stereocenters. The van der Waals surface area contributed by atoms with Crippen molar-refractivity contribution in [1.82, 2.24) is 9.62 Å². The van der Waals surface area contributed by atoms with Crippen LogP contribution in [0.3, 0.4) is 0 Å². The van der Waals surface area contributed by atoms with Crippen molar-refractivity contribution in [3.63, 3.8) is 0 Å². The van der Waals surface area contributed by atoms with Gasteiger partial charge in [0.05, 0.1) is 4.90 Å². The Morgan fingerprint density at radius 3 is 2.45 bits per heavy atom. The summed E-state index contributed by atoms with van der Waals surface area (Å²) in [6.45, 7) is 1.89. The van der Waals surface area contributed by atoms with E-state index in [9.17, 15) is 13.2 Å². The minimum Gasteiger partial charge on any atom is -0.342 e. The molecule has 2 aliphatic rings. The SMILES string of the molecule is Cc1ccc(S(=O)(=O)N2C(=S)N[C@]3(C(=O)N(C)c4ccccc43)[C@H]2c2cccs2)cc1.